The lowest BCUT2D eigenvalue weighted by Gasteiger charge is -2.32. The van der Waals surface area contributed by atoms with E-state index in [2.05, 4.69) is 25.5 Å². The molecule has 32 heavy (non-hydrogen) atoms. The average molecular weight is 448 g/mol. The van der Waals surface area contributed by atoms with E-state index in [-0.39, 0.29) is 23.7 Å². The molecule has 1 aromatic carbocycles. The smallest absolute Gasteiger partial charge is 0.367 e. The summed E-state index contributed by atoms with van der Waals surface area (Å²) in [6.07, 6.45) is -0.0921. The Bertz CT molecular complexity index is 936. The van der Waals surface area contributed by atoms with E-state index in [1.807, 2.05) is 11.9 Å². The number of likely N-dealkylation sites (N-methyl/N-ethyl adjacent to an activating group) is 1. The molecule has 10 heteroatoms. The minimum absolute atomic E-state index is 0.0151. The van der Waals surface area contributed by atoms with Crippen LogP contribution in [0.4, 0.5) is 30.6 Å². The van der Waals surface area contributed by atoms with Gasteiger partial charge in [-0.05, 0) is 44.2 Å². The molecule has 0 spiro atoms. The number of anilines is 3. The van der Waals surface area contributed by atoms with Crippen LogP contribution in [0.3, 0.4) is 0 Å². The molecule has 2 aromatic rings. The number of carbonyl (C=O) groups is 1. The first-order valence-electron chi connectivity index (χ1n) is 10.9. The summed E-state index contributed by atoms with van der Waals surface area (Å²) < 4.78 is 40.2. The van der Waals surface area contributed by atoms with Crippen LogP contribution >= 0.6 is 0 Å². The Kier molecular flexibility index (Phi) is 6.50. The number of rotatable bonds is 5. The highest BCUT2D eigenvalue weighted by molar-refractivity contribution is 5.94. The maximum absolute atomic E-state index is 13.4. The third kappa shape index (κ3) is 5.29. The Morgan fingerprint density at radius 2 is 1.72 bits per heavy atom. The van der Waals surface area contributed by atoms with Gasteiger partial charge < -0.3 is 20.4 Å². The van der Waals surface area contributed by atoms with Crippen molar-refractivity contribution in [1.82, 2.24) is 19.8 Å². The van der Waals surface area contributed by atoms with Crippen molar-refractivity contribution in [2.75, 3.05) is 43.9 Å². The molecule has 2 aliphatic rings. The van der Waals surface area contributed by atoms with Gasteiger partial charge >= 0.3 is 6.18 Å². The van der Waals surface area contributed by atoms with Crippen LogP contribution in [0.2, 0.25) is 0 Å². The molecule has 0 atom stereocenters. The van der Waals surface area contributed by atoms with Crippen LogP contribution in [-0.2, 0) is 6.18 Å². The van der Waals surface area contributed by atoms with E-state index in [1.54, 1.807) is 24.3 Å². The first-order valence-corrected chi connectivity index (χ1v) is 10.9. The lowest BCUT2D eigenvalue weighted by molar-refractivity contribution is -0.137. The van der Waals surface area contributed by atoms with Gasteiger partial charge in [-0.15, -0.1) is 0 Å². The van der Waals surface area contributed by atoms with Gasteiger partial charge in [0.2, 0.25) is 5.95 Å². The van der Waals surface area contributed by atoms with Crippen molar-refractivity contribution in [1.29, 1.82) is 0 Å². The highest BCUT2D eigenvalue weighted by Crippen LogP contribution is 2.35. The van der Waals surface area contributed by atoms with E-state index in [9.17, 15) is 18.0 Å². The quantitative estimate of drug-likeness (QED) is 0.721. The number of amides is 1. The Hall–Kier alpha value is -2.88. The Morgan fingerprint density at radius 3 is 2.34 bits per heavy atom. The van der Waals surface area contributed by atoms with Crippen LogP contribution in [0, 0.1) is 0 Å². The summed E-state index contributed by atoms with van der Waals surface area (Å²) >= 11 is 0. The predicted molar refractivity (Wildman–Crippen MR) is 116 cm³/mol. The van der Waals surface area contributed by atoms with Crippen molar-refractivity contribution in [2.45, 2.75) is 37.9 Å². The number of nitrogens with one attached hydrogen (secondary N) is 2. The number of alkyl halides is 3. The average Bonchev–Trinajstić information content (AvgIpc) is 3.27. The number of aromatic nitrogens is 2. The summed E-state index contributed by atoms with van der Waals surface area (Å²) in [7, 11) is 2.03. The lowest BCUT2D eigenvalue weighted by Crippen LogP contribution is -2.47. The van der Waals surface area contributed by atoms with Gasteiger partial charge in [0.05, 0.1) is 0 Å². The lowest BCUT2D eigenvalue weighted by atomic mass is 10.1. The molecular weight excluding hydrogens is 421 g/mol. The molecule has 0 unspecified atom stereocenters. The van der Waals surface area contributed by atoms with Crippen LogP contribution in [0.25, 0.3) is 0 Å². The highest BCUT2D eigenvalue weighted by Gasteiger charge is 2.36. The van der Waals surface area contributed by atoms with Gasteiger partial charge in [-0.2, -0.15) is 18.2 Å². The molecule has 2 fully saturated rings. The topological polar surface area (TPSA) is 73.4 Å². The molecule has 1 aromatic heterocycles. The zero-order chi connectivity index (χ0) is 22.7. The number of benzene rings is 1. The molecule has 1 aliphatic heterocycles. The fraction of sp³-hybridized carbons (Fsp3) is 0.500. The minimum atomic E-state index is -4.54. The Balaban J connectivity index is 1.46. The second-order valence-electron chi connectivity index (χ2n) is 8.38. The van der Waals surface area contributed by atoms with Crippen LogP contribution < -0.4 is 10.6 Å². The zero-order valence-corrected chi connectivity index (χ0v) is 18.0. The van der Waals surface area contributed by atoms with Crippen molar-refractivity contribution in [3.05, 3.63) is 41.6 Å². The second kappa shape index (κ2) is 9.32. The summed E-state index contributed by atoms with van der Waals surface area (Å²) in [6, 6.07) is 6.79. The summed E-state index contributed by atoms with van der Waals surface area (Å²) in [4.78, 5) is 24.6. The fourth-order valence-corrected chi connectivity index (χ4v) is 4.04. The number of hydrogen-bond donors (Lipinski definition) is 2. The largest absolute Gasteiger partial charge is 0.421 e. The van der Waals surface area contributed by atoms with Gasteiger partial charge in [0.15, 0.2) is 0 Å². The van der Waals surface area contributed by atoms with Gasteiger partial charge in [0, 0.05) is 49.7 Å². The van der Waals surface area contributed by atoms with E-state index < -0.39 is 11.7 Å². The SMILES string of the molecule is CN1CCN(C(=O)c2ccc(Nc3ncc(C(F)(F)F)c(NC4CCCC4)n3)cc2)CC1. The standard InChI is InChI=1S/C22H27F3N6O/c1-30-10-12-31(13-11-30)20(32)15-6-8-17(9-7-15)28-21-26-14-18(22(23,24)25)19(29-21)27-16-4-2-3-5-16/h6-9,14,16H,2-5,10-13H2,1H3,(H2,26,27,28,29). The fourth-order valence-electron chi connectivity index (χ4n) is 4.04. The minimum Gasteiger partial charge on any atom is -0.367 e. The number of hydrogen-bond acceptors (Lipinski definition) is 6. The van der Waals surface area contributed by atoms with E-state index >= 15 is 0 Å². The molecule has 1 saturated carbocycles. The van der Waals surface area contributed by atoms with Crippen molar-refractivity contribution in [3.8, 4) is 0 Å². The molecule has 172 valence electrons. The number of halogens is 3. The number of piperazine rings is 1. The summed E-state index contributed by atoms with van der Waals surface area (Å²) in [6.45, 7) is 3.05. The maximum Gasteiger partial charge on any atom is 0.421 e. The van der Waals surface area contributed by atoms with Crippen LogP contribution in [0.5, 0.6) is 0 Å². The second-order valence-corrected chi connectivity index (χ2v) is 8.38. The third-order valence-corrected chi connectivity index (χ3v) is 5.97. The zero-order valence-electron chi connectivity index (χ0n) is 18.0. The molecular formula is C22H27F3N6O. The summed E-state index contributed by atoms with van der Waals surface area (Å²) in [5.41, 5.74) is 0.284. The van der Waals surface area contributed by atoms with E-state index in [0.717, 1.165) is 45.0 Å². The van der Waals surface area contributed by atoms with Gasteiger partial charge in [-0.25, -0.2) is 4.98 Å². The highest BCUT2D eigenvalue weighted by atomic mass is 19.4. The van der Waals surface area contributed by atoms with Gasteiger partial charge in [0.25, 0.3) is 5.91 Å². The molecule has 1 saturated heterocycles. The summed E-state index contributed by atoms with van der Waals surface area (Å²) in [5, 5.41) is 5.88. The molecule has 1 amide bonds. The molecule has 0 bridgehead atoms. The first-order chi connectivity index (χ1) is 15.3. The van der Waals surface area contributed by atoms with Crippen molar-refractivity contribution in [3.63, 3.8) is 0 Å². The monoisotopic (exact) mass is 448 g/mol. The predicted octanol–water partition coefficient (Wildman–Crippen LogP) is 3.98. The van der Waals surface area contributed by atoms with Crippen molar-refractivity contribution >= 4 is 23.4 Å². The van der Waals surface area contributed by atoms with Crippen LogP contribution in [0.15, 0.2) is 30.5 Å². The van der Waals surface area contributed by atoms with E-state index in [0.29, 0.717) is 24.3 Å². The van der Waals surface area contributed by atoms with E-state index in [1.165, 1.54) is 0 Å². The molecule has 4 rings (SSSR count). The molecule has 7 nitrogen and oxygen atoms in total. The number of carbonyl (C=O) groups excluding carboxylic acids is 1. The third-order valence-electron chi connectivity index (χ3n) is 5.97. The first kappa shape index (κ1) is 22.3. The normalized spacial score (nSPS) is 18.1. The number of nitrogens with zero attached hydrogens (tertiary/aromatic N) is 4. The van der Waals surface area contributed by atoms with E-state index in [4.69, 9.17) is 0 Å². The molecule has 2 N–H and O–H groups in total. The van der Waals surface area contributed by atoms with Crippen molar-refractivity contribution < 1.29 is 18.0 Å². The van der Waals surface area contributed by atoms with Gasteiger partial charge in [-0.3, -0.25) is 4.79 Å². The maximum atomic E-state index is 13.4. The molecule has 1 aliphatic carbocycles. The van der Waals surface area contributed by atoms with Gasteiger partial charge in [-0.1, -0.05) is 12.8 Å². The Morgan fingerprint density at radius 1 is 1.06 bits per heavy atom. The molecule has 0 radical (unpaired) electrons. The van der Waals surface area contributed by atoms with Crippen LogP contribution in [0.1, 0.15) is 41.6 Å². The summed E-state index contributed by atoms with van der Waals surface area (Å²) in [5.74, 6) is -0.168. The van der Waals surface area contributed by atoms with Crippen LogP contribution in [-0.4, -0.2) is 64.9 Å². The van der Waals surface area contributed by atoms with Crippen molar-refractivity contribution in [2.24, 2.45) is 0 Å². The van der Waals surface area contributed by atoms with Gasteiger partial charge in [0.1, 0.15) is 11.4 Å². The Labute approximate surface area is 185 Å². The molecule has 2 heterocycles.